The van der Waals surface area contributed by atoms with Gasteiger partial charge in [-0.15, -0.1) is 0 Å². The smallest absolute Gasteiger partial charge is 0.317 e. The van der Waals surface area contributed by atoms with Crippen LogP contribution in [-0.2, 0) is 4.79 Å². The minimum absolute atomic E-state index is 0.0800. The van der Waals surface area contributed by atoms with Crippen molar-refractivity contribution in [3.63, 3.8) is 0 Å². The lowest BCUT2D eigenvalue weighted by Gasteiger charge is -2.41. The van der Waals surface area contributed by atoms with E-state index in [4.69, 9.17) is 5.11 Å². The Hall–Kier alpha value is -0.570. The van der Waals surface area contributed by atoms with E-state index in [9.17, 15) is 4.79 Å². The number of likely N-dealkylation sites (tertiary alicyclic amines) is 1. The van der Waals surface area contributed by atoms with E-state index >= 15 is 0 Å². The Labute approximate surface area is 73.4 Å². The van der Waals surface area contributed by atoms with Crippen LogP contribution < -0.4 is 0 Å². The van der Waals surface area contributed by atoms with E-state index in [0.717, 1.165) is 19.4 Å². The minimum atomic E-state index is -0.718. The summed E-state index contributed by atoms with van der Waals surface area (Å²) in [5.74, 6) is -0.718. The molecule has 0 bridgehead atoms. The molecule has 0 spiro atoms. The van der Waals surface area contributed by atoms with Gasteiger partial charge in [0.05, 0.1) is 6.54 Å². The van der Waals surface area contributed by atoms with Crippen molar-refractivity contribution in [2.45, 2.75) is 38.6 Å². The molecular formula is C9H17NO2. The van der Waals surface area contributed by atoms with Gasteiger partial charge in [0, 0.05) is 5.54 Å². The van der Waals surface area contributed by atoms with Crippen LogP contribution >= 0.6 is 0 Å². The van der Waals surface area contributed by atoms with Gasteiger partial charge in [0.2, 0.25) is 0 Å². The SMILES string of the molecule is CC1(C)CCCCN1CC(=O)O. The van der Waals surface area contributed by atoms with E-state index in [0.29, 0.717) is 0 Å². The Bertz CT molecular complexity index is 177. The number of aliphatic carboxylic acids is 1. The van der Waals surface area contributed by atoms with Crippen LogP contribution in [0.2, 0.25) is 0 Å². The Kier molecular flexibility index (Phi) is 2.73. The van der Waals surface area contributed by atoms with Gasteiger partial charge < -0.3 is 5.11 Å². The maximum Gasteiger partial charge on any atom is 0.317 e. The summed E-state index contributed by atoms with van der Waals surface area (Å²) in [7, 11) is 0. The van der Waals surface area contributed by atoms with Gasteiger partial charge >= 0.3 is 5.97 Å². The van der Waals surface area contributed by atoms with Gasteiger partial charge in [-0.2, -0.15) is 0 Å². The highest BCUT2D eigenvalue weighted by molar-refractivity contribution is 5.69. The number of carboxylic acids is 1. The van der Waals surface area contributed by atoms with E-state index in [-0.39, 0.29) is 12.1 Å². The molecule has 1 N–H and O–H groups in total. The van der Waals surface area contributed by atoms with Crippen molar-refractivity contribution in [2.24, 2.45) is 0 Å². The lowest BCUT2D eigenvalue weighted by atomic mass is 9.90. The molecular weight excluding hydrogens is 154 g/mol. The number of hydrogen-bond acceptors (Lipinski definition) is 2. The van der Waals surface area contributed by atoms with E-state index in [1.54, 1.807) is 0 Å². The van der Waals surface area contributed by atoms with Crippen LogP contribution in [0.4, 0.5) is 0 Å². The summed E-state index contributed by atoms with van der Waals surface area (Å²) < 4.78 is 0. The Morgan fingerprint density at radius 2 is 2.17 bits per heavy atom. The van der Waals surface area contributed by atoms with Gasteiger partial charge in [0.1, 0.15) is 0 Å². The molecule has 0 aromatic carbocycles. The standard InChI is InChI=1S/C9H17NO2/c1-9(2)5-3-4-6-10(9)7-8(11)12/h3-7H2,1-2H3,(H,11,12). The highest BCUT2D eigenvalue weighted by Crippen LogP contribution is 2.26. The highest BCUT2D eigenvalue weighted by atomic mass is 16.4. The van der Waals surface area contributed by atoms with Crippen molar-refractivity contribution in [3.05, 3.63) is 0 Å². The molecule has 0 amide bonds. The molecule has 1 rings (SSSR count). The molecule has 0 radical (unpaired) electrons. The third-order valence-corrected chi connectivity index (χ3v) is 2.65. The fraction of sp³-hybridized carbons (Fsp3) is 0.889. The predicted molar refractivity (Wildman–Crippen MR) is 47.1 cm³/mol. The van der Waals surface area contributed by atoms with Crippen LogP contribution in [0.5, 0.6) is 0 Å². The molecule has 0 saturated carbocycles. The van der Waals surface area contributed by atoms with Gasteiger partial charge in [0.25, 0.3) is 0 Å². The zero-order valence-corrected chi connectivity index (χ0v) is 7.84. The van der Waals surface area contributed by atoms with E-state index in [1.165, 1.54) is 6.42 Å². The van der Waals surface area contributed by atoms with Gasteiger partial charge in [-0.1, -0.05) is 6.42 Å². The Morgan fingerprint density at radius 3 is 2.67 bits per heavy atom. The Balaban J connectivity index is 2.54. The largest absolute Gasteiger partial charge is 0.480 e. The molecule has 1 saturated heterocycles. The van der Waals surface area contributed by atoms with E-state index < -0.39 is 5.97 Å². The molecule has 70 valence electrons. The van der Waals surface area contributed by atoms with Crippen molar-refractivity contribution < 1.29 is 9.90 Å². The summed E-state index contributed by atoms with van der Waals surface area (Å²) in [4.78, 5) is 12.6. The summed E-state index contributed by atoms with van der Waals surface area (Å²) >= 11 is 0. The topological polar surface area (TPSA) is 40.5 Å². The maximum atomic E-state index is 10.5. The third kappa shape index (κ3) is 2.21. The third-order valence-electron chi connectivity index (χ3n) is 2.65. The normalized spacial score (nSPS) is 23.8. The van der Waals surface area contributed by atoms with Crippen LogP contribution in [0.25, 0.3) is 0 Å². The molecule has 12 heavy (non-hydrogen) atoms. The zero-order chi connectivity index (χ0) is 9.19. The average Bonchev–Trinajstić information content (AvgIpc) is 1.92. The molecule has 0 unspecified atom stereocenters. The minimum Gasteiger partial charge on any atom is -0.480 e. The van der Waals surface area contributed by atoms with Crippen molar-refractivity contribution in [1.29, 1.82) is 0 Å². The van der Waals surface area contributed by atoms with Crippen molar-refractivity contribution in [2.75, 3.05) is 13.1 Å². The van der Waals surface area contributed by atoms with Gasteiger partial charge in [-0.3, -0.25) is 9.69 Å². The second-order valence-corrected chi connectivity index (χ2v) is 4.08. The van der Waals surface area contributed by atoms with Crippen LogP contribution in [0.1, 0.15) is 33.1 Å². The summed E-state index contributed by atoms with van der Waals surface area (Å²) in [6.45, 7) is 5.36. The first-order chi connectivity index (χ1) is 5.52. The first-order valence-corrected chi connectivity index (χ1v) is 4.49. The Morgan fingerprint density at radius 1 is 1.50 bits per heavy atom. The monoisotopic (exact) mass is 171 g/mol. The first kappa shape index (κ1) is 9.52. The van der Waals surface area contributed by atoms with Crippen LogP contribution in [0, 0.1) is 0 Å². The molecule has 0 aliphatic carbocycles. The molecule has 1 heterocycles. The molecule has 0 aromatic rings. The van der Waals surface area contributed by atoms with E-state index in [1.807, 2.05) is 0 Å². The van der Waals surface area contributed by atoms with Crippen LogP contribution in [0.3, 0.4) is 0 Å². The maximum absolute atomic E-state index is 10.5. The highest BCUT2D eigenvalue weighted by Gasteiger charge is 2.30. The zero-order valence-electron chi connectivity index (χ0n) is 7.84. The molecule has 1 aliphatic rings. The number of hydrogen-bond donors (Lipinski definition) is 1. The average molecular weight is 171 g/mol. The van der Waals surface area contributed by atoms with Gasteiger partial charge in [-0.05, 0) is 33.2 Å². The quantitative estimate of drug-likeness (QED) is 0.681. The van der Waals surface area contributed by atoms with Gasteiger partial charge in [-0.25, -0.2) is 0 Å². The number of rotatable bonds is 2. The number of piperidine rings is 1. The van der Waals surface area contributed by atoms with Gasteiger partial charge in [0.15, 0.2) is 0 Å². The summed E-state index contributed by atoms with van der Waals surface area (Å²) in [5.41, 5.74) is 0.0800. The molecule has 0 atom stereocenters. The van der Waals surface area contributed by atoms with Crippen molar-refractivity contribution >= 4 is 5.97 Å². The number of carboxylic acid groups (broad SMARTS) is 1. The van der Waals surface area contributed by atoms with Crippen molar-refractivity contribution in [1.82, 2.24) is 4.90 Å². The second kappa shape index (κ2) is 3.44. The fourth-order valence-corrected chi connectivity index (χ4v) is 1.78. The fourth-order valence-electron chi connectivity index (χ4n) is 1.78. The summed E-state index contributed by atoms with van der Waals surface area (Å²) in [5, 5.41) is 8.66. The molecule has 3 nitrogen and oxygen atoms in total. The summed E-state index contributed by atoms with van der Waals surface area (Å²) in [6, 6.07) is 0. The van der Waals surface area contributed by atoms with E-state index in [2.05, 4.69) is 18.7 Å². The molecule has 3 heteroatoms. The van der Waals surface area contributed by atoms with Crippen LogP contribution in [0.15, 0.2) is 0 Å². The molecule has 1 fully saturated rings. The molecule has 0 aromatic heterocycles. The van der Waals surface area contributed by atoms with Crippen molar-refractivity contribution in [3.8, 4) is 0 Å². The lowest BCUT2D eigenvalue weighted by molar-refractivity contribution is -0.140. The molecule has 1 aliphatic heterocycles. The first-order valence-electron chi connectivity index (χ1n) is 4.49. The second-order valence-electron chi connectivity index (χ2n) is 4.08. The van der Waals surface area contributed by atoms with Crippen LogP contribution in [-0.4, -0.2) is 34.6 Å². The number of nitrogens with zero attached hydrogens (tertiary/aromatic N) is 1. The lowest BCUT2D eigenvalue weighted by Crippen LogP contribution is -2.49. The predicted octanol–water partition coefficient (Wildman–Crippen LogP) is 1.34. The summed E-state index contributed by atoms with van der Waals surface area (Å²) in [6.07, 6.45) is 3.47. The number of carbonyl (C=O) groups is 1.